The van der Waals surface area contributed by atoms with Gasteiger partial charge in [-0.25, -0.2) is 0 Å². The van der Waals surface area contributed by atoms with Gasteiger partial charge >= 0.3 is 0 Å². The topological polar surface area (TPSA) is 84.9 Å². The van der Waals surface area contributed by atoms with Gasteiger partial charge in [0.1, 0.15) is 5.75 Å². The normalized spacial score (nSPS) is 17.0. The average Bonchev–Trinajstić information content (AvgIpc) is 3.01. The van der Waals surface area contributed by atoms with Crippen LogP contribution in [0.3, 0.4) is 0 Å². The van der Waals surface area contributed by atoms with Gasteiger partial charge in [0.2, 0.25) is 5.91 Å². The van der Waals surface area contributed by atoms with Crippen molar-refractivity contribution in [3.05, 3.63) is 53.2 Å². The molecule has 132 valence electrons. The lowest BCUT2D eigenvalue weighted by atomic mass is 10.0. The minimum atomic E-state index is -0.119. The standard InChI is InChI=1S/C19H21N2O4/c1-25-18-7-5-13(11-21-16(12-22)6-8-19(21)23)9-17(18)14-3-2-4-15(10-14)20-24/h2-5,7,9-10,16,20,22H,6,8,11-12H2,1H3/q-1/t16-/m0/s1. The first-order valence-electron chi connectivity index (χ1n) is 8.22. The first kappa shape index (κ1) is 17.3. The van der Waals surface area contributed by atoms with Crippen molar-refractivity contribution < 1.29 is 14.6 Å². The number of benzene rings is 2. The number of hydrogen-bond donors (Lipinski definition) is 2. The summed E-state index contributed by atoms with van der Waals surface area (Å²) in [4.78, 5) is 13.8. The van der Waals surface area contributed by atoms with Crippen LogP contribution in [0.15, 0.2) is 42.5 Å². The molecule has 1 aliphatic rings. The van der Waals surface area contributed by atoms with E-state index in [1.807, 2.05) is 29.7 Å². The summed E-state index contributed by atoms with van der Waals surface area (Å²) in [5.74, 6) is 0.757. The molecule has 1 amide bonds. The Kier molecular flexibility index (Phi) is 5.21. The molecular formula is C19H21N2O4-. The number of amides is 1. The molecule has 2 aromatic rings. The number of carbonyl (C=O) groups excluding carboxylic acids is 1. The molecule has 1 atom stereocenters. The predicted octanol–water partition coefficient (Wildman–Crippen LogP) is 2.76. The molecule has 0 saturated carbocycles. The van der Waals surface area contributed by atoms with Crippen LogP contribution in [-0.2, 0) is 11.3 Å². The lowest BCUT2D eigenvalue weighted by Gasteiger charge is -2.24. The number of carbonyl (C=O) groups is 1. The number of aliphatic hydroxyl groups is 1. The zero-order valence-corrected chi connectivity index (χ0v) is 14.1. The molecule has 2 N–H and O–H groups in total. The molecule has 1 heterocycles. The van der Waals surface area contributed by atoms with E-state index in [0.29, 0.717) is 30.8 Å². The quantitative estimate of drug-likeness (QED) is 0.789. The van der Waals surface area contributed by atoms with E-state index in [1.54, 1.807) is 30.2 Å². The highest BCUT2D eigenvalue weighted by Crippen LogP contribution is 2.33. The maximum absolute atomic E-state index is 12.1. The zero-order chi connectivity index (χ0) is 17.8. The van der Waals surface area contributed by atoms with Crippen molar-refractivity contribution in [2.24, 2.45) is 0 Å². The Labute approximate surface area is 146 Å². The molecule has 6 nitrogen and oxygen atoms in total. The van der Waals surface area contributed by atoms with Crippen LogP contribution in [0.25, 0.3) is 11.1 Å². The van der Waals surface area contributed by atoms with E-state index in [4.69, 9.17) is 4.74 Å². The van der Waals surface area contributed by atoms with Crippen LogP contribution in [-0.4, -0.2) is 35.7 Å². The fourth-order valence-corrected chi connectivity index (χ4v) is 3.23. The first-order valence-corrected chi connectivity index (χ1v) is 8.22. The minimum Gasteiger partial charge on any atom is -0.761 e. The maximum Gasteiger partial charge on any atom is 0.223 e. The Morgan fingerprint density at radius 2 is 2.16 bits per heavy atom. The second kappa shape index (κ2) is 7.55. The Bertz CT molecular complexity index is 763. The maximum atomic E-state index is 12.1. The van der Waals surface area contributed by atoms with E-state index in [1.165, 1.54) is 0 Å². The summed E-state index contributed by atoms with van der Waals surface area (Å²) < 4.78 is 5.44. The van der Waals surface area contributed by atoms with E-state index < -0.39 is 0 Å². The molecule has 25 heavy (non-hydrogen) atoms. The van der Waals surface area contributed by atoms with Crippen molar-refractivity contribution in [3.63, 3.8) is 0 Å². The minimum absolute atomic E-state index is 0.0219. The molecular weight excluding hydrogens is 320 g/mol. The number of hydrogen-bond acceptors (Lipinski definition) is 5. The third-order valence-electron chi connectivity index (χ3n) is 4.57. The Hall–Kier alpha value is -2.57. The Balaban J connectivity index is 1.93. The number of nitrogens with zero attached hydrogens (tertiary/aromatic N) is 1. The van der Waals surface area contributed by atoms with Gasteiger partial charge in [-0.2, -0.15) is 0 Å². The molecule has 0 spiro atoms. The van der Waals surface area contributed by atoms with Crippen molar-refractivity contribution in [2.75, 3.05) is 19.2 Å². The highest BCUT2D eigenvalue weighted by molar-refractivity contribution is 5.79. The SMILES string of the molecule is COc1ccc(CN2C(=O)CC[C@H]2CO)cc1-c1cccc(N[O-])c1. The molecule has 0 radical (unpaired) electrons. The van der Waals surface area contributed by atoms with Gasteiger partial charge in [-0.3, -0.25) is 4.79 Å². The third-order valence-corrected chi connectivity index (χ3v) is 4.57. The van der Waals surface area contributed by atoms with Crippen LogP contribution in [0.1, 0.15) is 18.4 Å². The van der Waals surface area contributed by atoms with Crippen molar-refractivity contribution in [1.29, 1.82) is 0 Å². The fraction of sp³-hybridized carbons (Fsp3) is 0.316. The summed E-state index contributed by atoms with van der Waals surface area (Å²) in [6.45, 7) is 0.423. The van der Waals surface area contributed by atoms with Crippen molar-refractivity contribution >= 4 is 11.6 Å². The molecule has 0 unspecified atom stereocenters. The largest absolute Gasteiger partial charge is 0.761 e. The summed E-state index contributed by atoms with van der Waals surface area (Å²) >= 11 is 0. The van der Waals surface area contributed by atoms with Crippen LogP contribution in [0.4, 0.5) is 5.69 Å². The van der Waals surface area contributed by atoms with Gasteiger partial charge in [-0.1, -0.05) is 18.2 Å². The van der Waals surface area contributed by atoms with Crippen LogP contribution >= 0.6 is 0 Å². The summed E-state index contributed by atoms with van der Waals surface area (Å²) in [6.07, 6.45) is 1.17. The highest BCUT2D eigenvalue weighted by Gasteiger charge is 2.30. The van der Waals surface area contributed by atoms with E-state index in [0.717, 1.165) is 16.7 Å². The lowest BCUT2D eigenvalue weighted by molar-refractivity contribution is -0.130. The summed E-state index contributed by atoms with van der Waals surface area (Å²) in [6, 6.07) is 12.8. The number of anilines is 1. The molecule has 3 rings (SSSR count). The van der Waals surface area contributed by atoms with Gasteiger partial charge in [0.15, 0.2) is 0 Å². The van der Waals surface area contributed by atoms with Crippen molar-refractivity contribution in [3.8, 4) is 16.9 Å². The molecule has 0 bridgehead atoms. The second-order valence-electron chi connectivity index (χ2n) is 6.11. The summed E-state index contributed by atoms with van der Waals surface area (Å²) in [5.41, 5.74) is 5.02. The smallest absolute Gasteiger partial charge is 0.223 e. The lowest BCUT2D eigenvalue weighted by Crippen LogP contribution is -2.34. The highest BCUT2D eigenvalue weighted by atomic mass is 16.5. The van der Waals surface area contributed by atoms with Gasteiger partial charge in [0.05, 0.1) is 19.8 Å². The fourth-order valence-electron chi connectivity index (χ4n) is 3.23. The van der Waals surface area contributed by atoms with Gasteiger partial charge in [-0.15, -0.1) is 0 Å². The van der Waals surface area contributed by atoms with Crippen LogP contribution < -0.4 is 10.2 Å². The Morgan fingerprint density at radius 3 is 2.88 bits per heavy atom. The van der Waals surface area contributed by atoms with E-state index in [-0.39, 0.29) is 18.6 Å². The first-order chi connectivity index (χ1) is 12.2. The number of nitrogens with one attached hydrogen (secondary N) is 1. The van der Waals surface area contributed by atoms with E-state index in [9.17, 15) is 15.1 Å². The van der Waals surface area contributed by atoms with Gasteiger partial charge in [0.25, 0.3) is 0 Å². The number of methoxy groups -OCH3 is 1. The molecule has 6 heteroatoms. The number of ether oxygens (including phenoxy) is 1. The number of aliphatic hydroxyl groups excluding tert-OH is 1. The molecule has 1 aliphatic heterocycles. The van der Waals surface area contributed by atoms with E-state index >= 15 is 0 Å². The molecule has 0 aliphatic carbocycles. The van der Waals surface area contributed by atoms with Gasteiger partial charge < -0.3 is 25.4 Å². The predicted molar refractivity (Wildman–Crippen MR) is 96.1 cm³/mol. The molecule has 1 saturated heterocycles. The molecule has 2 aromatic carbocycles. The van der Waals surface area contributed by atoms with E-state index in [2.05, 4.69) is 0 Å². The van der Waals surface area contributed by atoms with Crippen LogP contribution in [0.5, 0.6) is 5.75 Å². The second-order valence-corrected chi connectivity index (χ2v) is 6.11. The number of likely N-dealkylation sites (tertiary alicyclic amines) is 1. The monoisotopic (exact) mass is 341 g/mol. The average molecular weight is 341 g/mol. The van der Waals surface area contributed by atoms with Crippen LogP contribution in [0.2, 0.25) is 0 Å². The summed E-state index contributed by atoms with van der Waals surface area (Å²) in [7, 11) is 1.60. The molecule has 1 fully saturated rings. The number of rotatable bonds is 6. The molecule has 0 aromatic heterocycles. The zero-order valence-electron chi connectivity index (χ0n) is 14.1. The van der Waals surface area contributed by atoms with Gasteiger partial charge in [-0.05, 0) is 41.8 Å². The summed E-state index contributed by atoms with van der Waals surface area (Å²) in [5, 5.41) is 20.4. The van der Waals surface area contributed by atoms with Gasteiger partial charge in [0, 0.05) is 24.2 Å². The Morgan fingerprint density at radius 1 is 1.32 bits per heavy atom. The third kappa shape index (κ3) is 3.60. The van der Waals surface area contributed by atoms with Crippen molar-refractivity contribution in [2.45, 2.75) is 25.4 Å². The van der Waals surface area contributed by atoms with Crippen LogP contribution in [0, 0.1) is 5.21 Å². The van der Waals surface area contributed by atoms with Crippen molar-refractivity contribution in [1.82, 2.24) is 4.90 Å².